The Morgan fingerprint density at radius 1 is 1.17 bits per heavy atom. The van der Waals surface area contributed by atoms with Crippen LogP contribution in [0.1, 0.15) is 27.2 Å². The van der Waals surface area contributed by atoms with Gasteiger partial charge in [0.15, 0.2) is 6.29 Å². The standard InChI is InChI=1S/C18H12ClN3O/c1-11-8-21-15(10-23)6-12(11)3-5-16-17-7-14(19)4-2-13(17)9-22-18(16)20/h2,4,6-10H,1H3,(H2,20,22). The minimum Gasteiger partial charge on any atom is -0.383 e. The molecule has 4 nitrogen and oxygen atoms in total. The molecule has 0 saturated carbocycles. The predicted octanol–water partition coefficient (Wildman–Crippen LogP) is 3.39. The molecule has 0 radical (unpaired) electrons. The van der Waals surface area contributed by atoms with E-state index in [-0.39, 0.29) is 0 Å². The number of fused-ring (bicyclic) bond motifs is 1. The van der Waals surface area contributed by atoms with Crippen molar-refractivity contribution in [2.24, 2.45) is 0 Å². The molecular formula is C18H12ClN3O. The highest BCUT2D eigenvalue weighted by Gasteiger charge is 2.06. The number of halogens is 1. The van der Waals surface area contributed by atoms with Crippen LogP contribution >= 0.6 is 11.6 Å². The zero-order valence-electron chi connectivity index (χ0n) is 12.3. The molecule has 0 amide bonds. The highest BCUT2D eigenvalue weighted by molar-refractivity contribution is 6.31. The molecule has 0 unspecified atom stereocenters. The zero-order chi connectivity index (χ0) is 16.4. The fraction of sp³-hybridized carbons (Fsp3) is 0.0556. The van der Waals surface area contributed by atoms with Crippen LogP contribution in [0.5, 0.6) is 0 Å². The first-order valence-corrected chi connectivity index (χ1v) is 7.24. The van der Waals surface area contributed by atoms with E-state index in [9.17, 15) is 4.79 Å². The van der Waals surface area contributed by atoms with Crippen LogP contribution in [0.25, 0.3) is 10.8 Å². The van der Waals surface area contributed by atoms with Crippen LogP contribution in [-0.2, 0) is 0 Å². The predicted molar refractivity (Wildman–Crippen MR) is 91.5 cm³/mol. The monoisotopic (exact) mass is 321 g/mol. The van der Waals surface area contributed by atoms with Crippen LogP contribution in [0.2, 0.25) is 5.02 Å². The average molecular weight is 322 g/mol. The van der Waals surface area contributed by atoms with E-state index >= 15 is 0 Å². The number of carbonyl (C=O) groups is 1. The third kappa shape index (κ3) is 3.01. The molecule has 2 N–H and O–H groups in total. The minimum absolute atomic E-state index is 0.340. The molecule has 1 aromatic carbocycles. The van der Waals surface area contributed by atoms with Crippen molar-refractivity contribution < 1.29 is 4.79 Å². The Bertz CT molecular complexity index is 981. The molecule has 0 bridgehead atoms. The Labute approximate surface area is 138 Å². The van der Waals surface area contributed by atoms with Gasteiger partial charge in [-0.3, -0.25) is 9.78 Å². The molecule has 2 heterocycles. The number of rotatable bonds is 1. The Balaban J connectivity index is 2.18. The molecule has 0 atom stereocenters. The Morgan fingerprint density at radius 3 is 2.78 bits per heavy atom. The van der Waals surface area contributed by atoms with Gasteiger partial charge in [-0.05, 0) is 30.7 Å². The van der Waals surface area contributed by atoms with Crippen LogP contribution in [0.4, 0.5) is 5.82 Å². The van der Waals surface area contributed by atoms with Gasteiger partial charge in [-0.1, -0.05) is 29.5 Å². The first-order valence-electron chi connectivity index (χ1n) is 6.86. The molecule has 0 fully saturated rings. The van der Waals surface area contributed by atoms with E-state index in [1.54, 1.807) is 24.5 Å². The first-order chi connectivity index (χ1) is 11.1. The second kappa shape index (κ2) is 6.07. The normalized spacial score (nSPS) is 10.2. The van der Waals surface area contributed by atoms with E-state index in [0.29, 0.717) is 28.4 Å². The number of aromatic nitrogens is 2. The lowest BCUT2D eigenvalue weighted by molar-refractivity contribution is 0.111. The van der Waals surface area contributed by atoms with Crippen LogP contribution in [0.15, 0.2) is 36.7 Å². The number of nitrogen functional groups attached to an aromatic ring is 1. The van der Waals surface area contributed by atoms with E-state index in [0.717, 1.165) is 21.9 Å². The third-order valence-electron chi connectivity index (χ3n) is 3.45. The summed E-state index contributed by atoms with van der Waals surface area (Å²) in [5, 5.41) is 2.36. The van der Waals surface area contributed by atoms with Gasteiger partial charge in [0, 0.05) is 33.8 Å². The van der Waals surface area contributed by atoms with Crippen molar-refractivity contribution in [2.75, 3.05) is 5.73 Å². The maximum Gasteiger partial charge on any atom is 0.168 e. The zero-order valence-corrected chi connectivity index (χ0v) is 13.1. The maximum absolute atomic E-state index is 10.9. The van der Waals surface area contributed by atoms with Crippen LogP contribution in [0.3, 0.4) is 0 Å². The molecular weight excluding hydrogens is 310 g/mol. The van der Waals surface area contributed by atoms with Gasteiger partial charge < -0.3 is 5.73 Å². The van der Waals surface area contributed by atoms with Crippen LogP contribution < -0.4 is 5.73 Å². The lowest BCUT2D eigenvalue weighted by Gasteiger charge is -2.04. The largest absolute Gasteiger partial charge is 0.383 e. The number of pyridine rings is 2. The quantitative estimate of drug-likeness (QED) is 0.551. The summed E-state index contributed by atoms with van der Waals surface area (Å²) in [6, 6.07) is 7.13. The van der Waals surface area contributed by atoms with Gasteiger partial charge in [-0.2, -0.15) is 0 Å². The fourth-order valence-electron chi connectivity index (χ4n) is 2.20. The minimum atomic E-state index is 0.340. The van der Waals surface area contributed by atoms with Gasteiger partial charge >= 0.3 is 0 Å². The molecule has 0 saturated heterocycles. The molecule has 3 aromatic rings. The maximum atomic E-state index is 10.9. The SMILES string of the molecule is Cc1cnc(C=O)cc1C#Cc1c(N)ncc2ccc(Cl)cc12. The van der Waals surface area contributed by atoms with Crippen molar-refractivity contribution in [2.45, 2.75) is 6.92 Å². The number of anilines is 1. The van der Waals surface area contributed by atoms with Gasteiger partial charge in [-0.15, -0.1) is 0 Å². The molecule has 112 valence electrons. The number of aryl methyl sites for hydroxylation is 1. The number of nitrogens with two attached hydrogens (primary N) is 1. The summed E-state index contributed by atoms with van der Waals surface area (Å²) in [5.74, 6) is 6.44. The lowest BCUT2D eigenvalue weighted by atomic mass is 10.1. The molecule has 0 spiro atoms. The van der Waals surface area contributed by atoms with Crippen molar-refractivity contribution in [3.8, 4) is 11.8 Å². The van der Waals surface area contributed by atoms with Gasteiger partial charge in [0.1, 0.15) is 11.5 Å². The third-order valence-corrected chi connectivity index (χ3v) is 3.69. The number of benzene rings is 1. The summed E-state index contributed by atoms with van der Waals surface area (Å²) in [6.07, 6.45) is 4.00. The van der Waals surface area contributed by atoms with Crippen molar-refractivity contribution in [3.63, 3.8) is 0 Å². The number of aldehydes is 1. The molecule has 0 aliphatic heterocycles. The van der Waals surface area contributed by atoms with Gasteiger partial charge in [0.25, 0.3) is 0 Å². The summed E-state index contributed by atoms with van der Waals surface area (Å²) in [6.45, 7) is 1.88. The Kier molecular flexibility index (Phi) is 3.96. The van der Waals surface area contributed by atoms with Crippen molar-refractivity contribution in [1.82, 2.24) is 9.97 Å². The number of hydrogen-bond donors (Lipinski definition) is 1. The van der Waals surface area contributed by atoms with Gasteiger partial charge in [-0.25, -0.2) is 4.98 Å². The molecule has 2 aromatic heterocycles. The smallest absolute Gasteiger partial charge is 0.168 e. The second-order valence-electron chi connectivity index (χ2n) is 5.04. The summed E-state index contributed by atoms with van der Waals surface area (Å²) in [5.41, 5.74) is 8.53. The second-order valence-corrected chi connectivity index (χ2v) is 5.48. The van der Waals surface area contributed by atoms with E-state index in [2.05, 4.69) is 21.8 Å². The van der Waals surface area contributed by atoms with E-state index in [4.69, 9.17) is 17.3 Å². The average Bonchev–Trinajstić information content (AvgIpc) is 2.55. The van der Waals surface area contributed by atoms with Gasteiger partial charge in [0.2, 0.25) is 0 Å². The number of hydrogen-bond acceptors (Lipinski definition) is 4. The van der Waals surface area contributed by atoms with E-state index in [1.807, 2.05) is 19.1 Å². The summed E-state index contributed by atoms with van der Waals surface area (Å²) in [7, 11) is 0. The van der Waals surface area contributed by atoms with Crippen molar-refractivity contribution in [3.05, 3.63) is 64.1 Å². The van der Waals surface area contributed by atoms with Gasteiger partial charge in [0.05, 0.1) is 5.56 Å². The van der Waals surface area contributed by atoms with E-state index < -0.39 is 0 Å². The summed E-state index contributed by atoms with van der Waals surface area (Å²) < 4.78 is 0. The van der Waals surface area contributed by atoms with Crippen LogP contribution in [0, 0.1) is 18.8 Å². The summed E-state index contributed by atoms with van der Waals surface area (Å²) in [4.78, 5) is 19.0. The summed E-state index contributed by atoms with van der Waals surface area (Å²) >= 11 is 6.07. The fourth-order valence-corrected chi connectivity index (χ4v) is 2.37. The van der Waals surface area contributed by atoms with Crippen LogP contribution in [-0.4, -0.2) is 16.3 Å². The Hall–Kier alpha value is -2.90. The molecule has 5 heteroatoms. The lowest BCUT2D eigenvalue weighted by Crippen LogP contribution is -1.96. The number of carbonyl (C=O) groups excluding carboxylic acids is 1. The molecule has 23 heavy (non-hydrogen) atoms. The molecule has 0 aliphatic carbocycles. The topological polar surface area (TPSA) is 68.9 Å². The molecule has 3 rings (SSSR count). The Morgan fingerprint density at radius 2 is 2.00 bits per heavy atom. The highest BCUT2D eigenvalue weighted by Crippen LogP contribution is 2.25. The molecule has 0 aliphatic rings. The highest BCUT2D eigenvalue weighted by atomic mass is 35.5. The van der Waals surface area contributed by atoms with Crippen molar-refractivity contribution in [1.29, 1.82) is 0 Å². The number of nitrogens with zero attached hydrogens (tertiary/aromatic N) is 2. The van der Waals surface area contributed by atoms with Crippen molar-refractivity contribution >= 4 is 34.5 Å². The van der Waals surface area contributed by atoms with E-state index in [1.165, 1.54) is 0 Å². The first kappa shape index (κ1) is 15.0.